The van der Waals surface area contributed by atoms with Crippen molar-refractivity contribution in [2.24, 2.45) is 22.4 Å². The lowest BCUT2D eigenvalue weighted by atomic mass is 9.65. The lowest BCUT2D eigenvalue weighted by Crippen LogP contribution is -2.40. The van der Waals surface area contributed by atoms with Crippen LogP contribution < -0.4 is 0 Å². The number of oxime groups is 1. The van der Waals surface area contributed by atoms with Gasteiger partial charge in [0, 0.05) is 5.41 Å². The van der Waals surface area contributed by atoms with E-state index in [1.165, 1.54) is 6.42 Å². The van der Waals surface area contributed by atoms with Crippen molar-refractivity contribution in [3.05, 3.63) is 0 Å². The molecule has 1 fully saturated rings. The molecular formula is C10H19NO. The van der Waals surface area contributed by atoms with Crippen molar-refractivity contribution in [3.63, 3.8) is 0 Å². The fourth-order valence-electron chi connectivity index (χ4n) is 2.11. The van der Waals surface area contributed by atoms with Crippen molar-refractivity contribution in [2.45, 2.75) is 40.5 Å². The van der Waals surface area contributed by atoms with E-state index in [1.807, 2.05) is 0 Å². The normalized spacial score (nSPS) is 38.5. The molecular weight excluding hydrogens is 150 g/mol. The van der Waals surface area contributed by atoms with E-state index in [0.717, 1.165) is 12.1 Å². The number of hydrogen-bond acceptors (Lipinski definition) is 2. The van der Waals surface area contributed by atoms with Crippen molar-refractivity contribution in [3.8, 4) is 0 Å². The van der Waals surface area contributed by atoms with Gasteiger partial charge in [0.25, 0.3) is 0 Å². The van der Waals surface area contributed by atoms with Crippen LogP contribution in [-0.4, -0.2) is 10.9 Å². The third-order valence-corrected chi connectivity index (χ3v) is 3.50. The second kappa shape index (κ2) is 3.08. The largest absolute Gasteiger partial charge is 0.411 e. The van der Waals surface area contributed by atoms with Gasteiger partial charge in [-0.1, -0.05) is 32.9 Å². The summed E-state index contributed by atoms with van der Waals surface area (Å²) in [5.74, 6) is 1.07. The van der Waals surface area contributed by atoms with Crippen molar-refractivity contribution >= 4 is 5.71 Å². The molecule has 1 aliphatic carbocycles. The Bertz CT molecular complexity index is 196. The summed E-state index contributed by atoms with van der Waals surface area (Å²) in [5, 5.41) is 12.4. The van der Waals surface area contributed by atoms with Crippen LogP contribution in [0.15, 0.2) is 5.16 Å². The summed E-state index contributed by atoms with van der Waals surface area (Å²) in [6.07, 6.45) is 2.40. The molecule has 1 rings (SSSR count). The predicted molar refractivity (Wildman–Crippen MR) is 50.6 cm³/mol. The second-order valence-corrected chi connectivity index (χ2v) is 4.59. The molecule has 0 radical (unpaired) electrons. The van der Waals surface area contributed by atoms with Gasteiger partial charge < -0.3 is 5.21 Å². The standard InChI is InChI=1S/C10H19NO/c1-7-5-6-8(2)10(3,4)9(7)11-12/h7-8,12H,5-6H2,1-4H3/b11-9+. The summed E-state index contributed by atoms with van der Waals surface area (Å²) in [7, 11) is 0. The molecule has 1 saturated carbocycles. The number of rotatable bonds is 0. The first-order valence-electron chi connectivity index (χ1n) is 4.72. The molecule has 0 aromatic rings. The summed E-state index contributed by atoms with van der Waals surface area (Å²) >= 11 is 0. The van der Waals surface area contributed by atoms with Crippen LogP contribution in [0.2, 0.25) is 0 Å². The Morgan fingerprint density at radius 3 is 2.33 bits per heavy atom. The van der Waals surface area contributed by atoms with Crippen LogP contribution in [0, 0.1) is 17.3 Å². The zero-order chi connectivity index (χ0) is 9.35. The lowest BCUT2D eigenvalue weighted by Gasteiger charge is -2.40. The molecule has 12 heavy (non-hydrogen) atoms. The van der Waals surface area contributed by atoms with Gasteiger partial charge in [0.2, 0.25) is 0 Å². The van der Waals surface area contributed by atoms with Gasteiger partial charge >= 0.3 is 0 Å². The third-order valence-electron chi connectivity index (χ3n) is 3.50. The van der Waals surface area contributed by atoms with E-state index in [1.54, 1.807) is 0 Å². The highest BCUT2D eigenvalue weighted by molar-refractivity contribution is 5.91. The molecule has 0 saturated heterocycles. The highest BCUT2D eigenvalue weighted by Crippen LogP contribution is 2.40. The quantitative estimate of drug-likeness (QED) is 0.439. The first-order chi connectivity index (χ1) is 5.50. The Balaban J connectivity index is 2.92. The van der Waals surface area contributed by atoms with Crippen LogP contribution in [0.25, 0.3) is 0 Å². The van der Waals surface area contributed by atoms with Crippen molar-refractivity contribution < 1.29 is 5.21 Å². The number of hydrogen-bond donors (Lipinski definition) is 1. The molecule has 0 bridgehead atoms. The van der Waals surface area contributed by atoms with E-state index in [9.17, 15) is 0 Å². The summed E-state index contributed by atoms with van der Waals surface area (Å²) in [4.78, 5) is 0. The van der Waals surface area contributed by atoms with Gasteiger partial charge in [0.15, 0.2) is 0 Å². The van der Waals surface area contributed by atoms with Crippen LogP contribution in [0.4, 0.5) is 0 Å². The van der Waals surface area contributed by atoms with Crippen LogP contribution in [-0.2, 0) is 0 Å². The van der Waals surface area contributed by atoms with Gasteiger partial charge in [0.05, 0.1) is 5.71 Å². The minimum Gasteiger partial charge on any atom is -0.411 e. The average molecular weight is 169 g/mol. The Morgan fingerprint density at radius 2 is 1.92 bits per heavy atom. The molecule has 1 aliphatic rings. The average Bonchev–Trinajstić information content (AvgIpc) is 1.98. The van der Waals surface area contributed by atoms with Crippen molar-refractivity contribution in [2.75, 3.05) is 0 Å². The Hall–Kier alpha value is -0.530. The molecule has 2 atom stereocenters. The summed E-state index contributed by atoms with van der Waals surface area (Å²) in [5.41, 5.74) is 1.05. The molecule has 2 heteroatoms. The summed E-state index contributed by atoms with van der Waals surface area (Å²) < 4.78 is 0. The first kappa shape index (κ1) is 9.56. The fourth-order valence-corrected chi connectivity index (χ4v) is 2.11. The molecule has 0 aromatic heterocycles. The summed E-state index contributed by atoms with van der Waals surface area (Å²) in [6.45, 7) is 8.71. The van der Waals surface area contributed by atoms with Crippen LogP contribution >= 0.6 is 0 Å². The Labute approximate surface area is 74.7 Å². The minimum absolute atomic E-state index is 0.0758. The zero-order valence-electron chi connectivity index (χ0n) is 8.46. The van der Waals surface area contributed by atoms with Gasteiger partial charge in [0.1, 0.15) is 0 Å². The molecule has 0 spiro atoms. The van der Waals surface area contributed by atoms with Gasteiger partial charge in [-0.2, -0.15) is 0 Å². The maximum absolute atomic E-state index is 8.90. The van der Waals surface area contributed by atoms with Crippen LogP contribution in [0.3, 0.4) is 0 Å². The Morgan fingerprint density at radius 1 is 1.33 bits per heavy atom. The van der Waals surface area contributed by atoms with Gasteiger partial charge in [-0.05, 0) is 24.7 Å². The van der Waals surface area contributed by atoms with E-state index in [-0.39, 0.29) is 5.41 Å². The Kier molecular flexibility index (Phi) is 2.45. The third kappa shape index (κ3) is 1.35. The molecule has 0 heterocycles. The first-order valence-corrected chi connectivity index (χ1v) is 4.72. The van der Waals surface area contributed by atoms with E-state index in [0.29, 0.717) is 11.8 Å². The molecule has 70 valence electrons. The van der Waals surface area contributed by atoms with Gasteiger partial charge in [-0.15, -0.1) is 0 Å². The SMILES string of the molecule is CC1CCC(C)C(C)(C)/C1=N/O. The molecule has 2 nitrogen and oxygen atoms in total. The molecule has 0 aliphatic heterocycles. The lowest BCUT2D eigenvalue weighted by molar-refractivity contribution is 0.232. The van der Waals surface area contributed by atoms with Crippen LogP contribution in [0.5, 0.6) is 0 Å². The fraction of sp³-hybridized carbons (Fsp3) is 0.900. The molecule has 0 aromatic carbocycles. The van der Waals surface area contributed by atoms with Crippen LogP contribution in [0.1, 0.15) is 40.5 Å². The maximum Gasteiger partial charge on any atom is 0.0657 e. The van der Waals surface area contributed by atoms with E-state index in [4.69, 9.17) is 5.21 Å². The second-order valence-electron chi connectivity index (χ2n) is 4.59. The van der Waals surface area contributed by atoms with E-state index >= 15 is 0 Å². The number of nitrogens with zero attached hydrogens (tertiary/aromatic N) is 1. The zero-order valence-corrected chi connectivity index (χ0v) is 8.46. The van der Waals surface area contributed by atoms with Gasteiger partial charge in [-0.3, -0.25) is 0 Å². The van der Waals surface area contributed by atoms with E-state index < -0.39 is 0 Å². The van der Waals surface area contributed by atoms with Crippen molar-refractivity contribution in [1.82, 2.24) is 0 Å². The molecule has 2 unspecified atom stereocenters. The smallest absolute Gasteiger partial charge is 0.0657 e. The van der Waals surface area contributed by atoms with Crippen molar-refractivity contribution in [1.29, 1.82) is 0 Å². The summed E-state index contributed by atoms with van der Waals surface area (Å²) in [6, 6.07) is 0. The van der Waals surface area contributed by atoms with E-state index in [2.05, 4.69) is 32.9 Å². The highest BCUT2D eigenvalue weighted by Gasteiger charge is 2.38. The predicted octanol–water partition coefficient (Wildman–Crippen LogP) is 2.91. The molecule has 0 amide bonds. The van der Waals surface area contributed by atoms with Gasteiger partial charge in [-0.25, -0.2) is 0 Å². The minimum atomic E-state index is 0.0758. The topological polar surface area (TPSA) is 32.6 Å². The highest BCUT2D eigenvalue weighted by atomic mass is 16.4. The molecule has 1 N–H and O–H groups in total. The maximum atomic E-state index is 8.90. The monoisotopic (exact) mass is 169 g/mol.